The van der Waals surface area contributed by atoms with E-state index in [9.17, 15) is 4.79 Å². The van der Waals surface area contributed by atoms with Crippen LogP contribution in [0.5, 0.6) is 0 Å². The number of amides is 1. The number of fused-ring (bicyclic) bond motifs is 1. The average molecular weight is 431 g/mol. The molecule has 156 valence electrons. The molecule has 0 spiro atoms. The molecule has 0 bridgehead atoms. The summed E-state index contributed by atoms with van der Waals surface area (Å²) in [6.45, 7) is 5.87. The van der Waals surface area contributed by atoms with Crippen molar-refractivity contribution in [1.82, 2.24) is 14.8 Å². The van der Waals surface area contributed by atoms with Gasteiger partial charge in [0.05, 0.1) is 22.3 Å². The van der Waals surface area contributed by atoms with Crippen molar-refractivity contribution in [3.8, 4) is 5.69 Å². The monoisotopic (exact) mass is 430 g/mol. The molecule has 2 heterocycles. The summed E-state index contributed by atoms with van der Waals surface area (Å²) in [5.41, 5.74) is 6.64. The van der Waals surface area contributed by atoms with Gasteiger partial charge in [0, 0.05) is 22.3 Å². The van der Waals surface area contributed by atoms with Gasteiger partial charge in [-0.05, 0) is 69.0 Å². The molecule has 5 rings (SSSR count). The molecule has 0 aliphatic heterocycles. The summed E-state index contributed by atoms with van der Waals surface area (Å²) in [6.07, 6.45) is 2.20. The Hall–Kier alpha value is -3.18. The van der Waals surface area contributed by atoms with E-state index in [1.807, 2.05) is 74.0 Å². The summed E-state index contributed by atoms with van der Waals surface area (Å²) < 4.78 is 1.82. The summed E-state index contributed by atoms with van der Waals surface area (Å²) in [4.78, 5) is 18.3. The molecule has 0 saturated heterocycles. The normalized spacial score (nSPS) is 13.5. The molecular weight excluding hydrogens is 408 g/mol. The lowest BCUT2D eigenvalue weighted by Crippen LogP contribution is -2.14. The van der Waals surface area contributed by atoms with Crippen molar-refractivity contribution in [2.24, 2.45) is 0 Å². The summed E-state index contributed by atoms with van der Waals surface area (Å²) >= 11 is 6.37. The second-order valence-electron chi connectivity index (χ2n) is 8.22. The summed E-state index contributed by atoms with van der Waals surface area (Å²) in [6, 6.07) is 15.5. The van der Waals surface area contributed by atoms with E-state index in [1.54, 1.807) is 0 Å². The van der Waals surface area contributed by atoms with Crippen LogP contribution >= 0.6 is 11.6 Å². The van der Waals surface area contributed by atoms with Gasteiger partial charge >= 0.3 is 0 Å². The van der Waals surface area contributed by atoms with Crippen molar-refractivity contribution >= 4 is 34.2 Å². The molecule has 1 aliphatic carbocycles. The molecule has 1 fully saturated rings. The lowest BCUT2D eigenvalue weighted by Gasteiger charge is -2.12. The van der Waals surface area contributed by atoms with Gasteiger partial charge in [0.2, 0.25) is 0 Å². The smallest absolute Gasteiger partial charge is 0.256 e. The van der Waals surface area contributed by atoms with Crippen molar-refractivity contribution in [2.45, 2.75) is 39.5 Å². The lowest BCUT2D eigenvalue weighted by atomic mass is 10.1. The van der Waals surface area contributed by atoms with Gasteiger partial charge in [0.25, 0.3) is 5.91 Å². The molecule has 1 N–H and O–H groups in total. The Morgan fingerprint density at radius 2 is 1.87 bits per heavy atom. The zero-order valence-electron chi connectivity index (χ0n) is 17.7. The number of anilines is 1. The van der Waals surface area contributed by atoms with E-state index in [0.29, 0.717) is 22.2 Å². The first-order valence-electron chi connectivity index (χ1n) is 10.5. The molecule has 5 nitrogen and oxygen atoms in total. The van der Waals surface area contributed by atoms with Crippen LogP contribution in [0.15, 0.2) is 48.5 Å². The van der Waals surface area contributed by atoms with Gasteiger partial charge in [-0.15, -0.1) is 0 Å². The van der Waals surface area contributed by atoms with Crippen LogP contribution in [0.25, 0.3) is 16.7 Å². The number of aryl methyl sites for hydroxylation is 2. The minimum Gasteiger partial charge on any atom is -0.322 e. The third kappa shape index (κ3) is 3.49. The third-order valence-electron chi connectivity index (χ3n) is 5.93. The van der Waals surface area contributed by atoms with Gasteiger partial charge in [-0.3, -0.25) is 4.79 Å². The molecule has 0 unspecified atom stereocenters. The minimum atomic E-state index is -0.144. The Kier molecular flexibility index (Phi) is 4.78. The second kappa shape index (κ2) is 7.50. The van der Waals surface area contributed by atoms with Crippen LogP contribution in [-0.4, -0.2) is 20.7 Å². The van der Waals surface area contributed by atoms with Crippen LogP contribution in [0, 0.1) is 20.8 Å². The molecule has 0 atom stereocenters. The molecular formula is C25H23ClN4O. The summed E-state index contributed by atoms with van der Waals surface area (Å²) in [5, 5.41) is 9.29. The largest absolute Gasteiger partial charge is 0.322 e. The van der Waals surface area contributed by atoms with Crippen LogP contribution in [0.4, 0.5) is 5.69 Å². The number of carbonyl (C=O) groups excluding carboxylic acids is 1. The number of hydrogen-bond acceptors (Lipinski definition) is 3. The number of para-hydroxylation sites is 1. The molecule has 6 heteroatoms. The van der Waals surface area contributed by atoms with Crippen LogP contribution in [0.2, 0.25) is 5.02 Å². The first-order chi connectivity index (χ1) is 14.9. The fourth-order valence-electron chi connectivity index (χ4n) is 3.97. The highest BCUT2D eigenvalue weighted by Gasteiger charge is 2.29. The van der Waals surface area contributed by atoms with Gasteiger partial charge in [0.1, 0.15) is 0 Å². The first-order valence-corrected chi connectivity index (χ1v) is 10.8. The highest BCUT2D eigenvalue weighted by molar-refractivity contribution is 6.31. The Bertz CT molecular complexity index is 1340. The number of nitrogens with zero attached hydrogens (tertiary/aromatic N) is 3. The topological polar surface area (TPSA) is 59.8 Å². The van der Waals surface area contributed by atoms with Gasteiger partial charge in [0.15, 0.2) is 5.65 Å². The number of nitrogens with one attached hydrogen (secondary N) is 1. The molecule has 4 aromatic rings. The van der Waals surface area contributed by atoms with E-state index in [0.717, 1.165) is 52.1 Å². The maximum atomic E-state index is 13.4. The predicted molar refractivity (Wildman–Crippen MR) is 124 cm³/mol. The lowest BCUT2D eigenvalue weighted by molar-refractivity contribution is 0.102. The molecule has 2 aromatic carbocycles. The van der Waals surface area contributed by atoms with E-state index in [2.05, 4.69) is 5.32 Å². The summed E-state index contributed by atoms with van der Waals surface area (Å²) in [5.74, 6) is 0.257. The molecule has 1 aliphatic rings. The maximum absolute atomic E-state index is 13.4. The van der Waals surface area contributed by atoms with Gasteiger partial charge in [-0.25, -0.2) is 9.67 Å². The molecule has 1 amide bonds. The van der Waals surface area contributed by atoms with E-state index >= 15 is 0 Å². The number of rotatable bonds is 4. The number of aromatic nitrogens is 3. The predicted octanol–water partition coefficient (Wildman–Crippen LogP) is 6.13. The Morgan fingerprint density at radius 3 is 2.61 bits per heavy atom. The van der Waals surface area contributed by atoms with Gasteiger partial charge in [-0.2, -0.15) is 5.10 Å². The second-order valence-corrected chi connectivity index (χ2v) is 8.62. The number of hydrogen-bond donors (Lipinski definition) is 1. The molecule has 2 aromatic heterocycles. The number of carbonyl (C=O) groups is 1. The average Bonchev–Trinajstić information content (AvgIpc) is 3.55. The van der Waals surface area contributed by atoms with E-state index in [1.165, 1.54) is 0 Å². The third-order valence-corrected chi connectivity index (χ3v) is 6.34. The molecule has 31 heavy (non-hydrogen) atoms. The zero-order valence-corrected chi connectivity index (χ0v) is 18.5. The maximum Gasteiger partial charge on any atom is 0.256 e. The fourth-order valence-corrected chi connectivity index (χ4v) is 4.14. The van der Waals surface area contributed by atoms with Crippen LogP contribution in [0.3, 0.4) is 0 Å². The van der Waals surface area contributed by atoms with Crippen LogP contribution < -0.4 is 5.32 Å². The van der Waals surface area contributed by atoms with Crippen LogP contribution in [0.1, 0.15) is 51.6 Å². The van der Waals surface area contributed by atoms with Gasteiger partial charge < -0.3 is 5.32 Å². The Labute approximate surface area is 186 Å². The highest BCUT2D eigenvalue weighted by atomic mass is 35.5. The summed E-state index contributed by atoms with van der Waals surface area (Å²) in [7, 11) is 0. The SMILES string of the molecule is Cc1ccccc1NC(=O)c1cc(C2CC2)nc2c1c(C)nn2-c1cccc(Cl)c1C. The molecule has 0 radical (unpaired) electrons. The fraction of sp³-hybridized carbons (Fsp3) is 0.240. The minimum absolute atomic E-state index is 0.144. The van der Waals surface area contributed by atoms with E-state index < -0.39 is 0 Å². The van der Waals surface area contributed by atoms with Crippen molar-refractivity contribution in [2.75, 3.05) is 5.32 Å². The quantitative estimate of drug-likeness (QED) is 0.423. The standard InChI is InChI=1S/C25H23ClN4O/c1-14-7-4-5-9-20(14)28-25(31)18-13-21(17-11-12-17)27-24-23(18)16(3)29-30(24)22-10-6-8-19(26)15(22)2/h4-10,13,17H,11-12H2,1-3H3,(H,28,31). The van der Waals surface area contributed by atoms with Crippen molar-refractivity contribution in [3.63, 3.8) is 0 Å². The Balaban J connectivity index is 1.70. The van der Waals surface area contributed by atoms with E-state index in [4.69, 9.17) is 21.7 Å². The first kappa shape index (κ1) is 19.8. The molecule has 1 saturated carbocycles. The highest BCUT2D eigenvalue weighted by Crippen LogP contribution is 2.41. The number of halogens is 1. The van der Waals surface area contributed by atoms with Crippen molar-refractivity contribution in [1.29, 1.82) is 0 Å². The number of pyridine rings is 1. The Morgan fingerprint density at radius 1 is 1.10 bits per heavy atom. The van der Waals surface area contributed by atoms with E-state index in [-0.39, 0.29) is 5.91 Å². The van der Waals surface area contributed by atoms with Crippen molar-refractivity contribution in [3.05, 3.63) is 81.6 Å². The van der Waals surface area contributed by atoms with Crippen LogP contribution in [-0.2, 0) is 0 Å². The van der Waals surface area contributed by atoms with Gasteiger partial charge in [-0.1, -0.05) is 35.9 Å². The number of benzene rings is 2. The van der Waals surface area contributed by atoms with Crippen molar-refractivity contribution < 1.29 is 4.79 Å². The zero-order chi connectivity index (χ0) is 21.7.